The van der Waals surface area contributed by atoms with Gasteiger partial charge in [-0.1, -0.05) is 15.9 Å². The van der Waals surface area contributed by atoms with E-state index in [4.69, 9.17) is 0 Å². The van der Waals surface area contributed by atoms with Crippen LogP contribution in [0.5, 0.6) is 0 Å². The van der Waals surface area contributed by atoms with E-state index in [-0.39, 0.29) is 22.2 Å². The second kappa shape index (κ2) is 10.7. The minimum absolute atomic E-state index is 0.0973. The van der Waals surface area contributed by atoms with Crippen molar-refractivity contribution in [1.82, 2.24) is 13.5 Å². The van der Waals surface area contributed by atoms with Crippen LogP contribution in [0.2, 0.25) is 0 Å². The summed E-state index contributed by atoms with van der Waals surface area (Å²) < 4.78 is 55.5. The first-order valence-corrected chi connectivity index (χ1v) is 15.1. The van der Waals surface area contributed by atoms with Gasteiger partial charge in [0.15, 0.2) is 0 Å². The lowest BCUT2D eigenvalue weighted by Gasteiger charge is -2.31. The molecular weight excluding hydrogens is 556 g/mol. The third-order valence-electron chi connectivity index (χ3n) is 6.43. The van der Waals surface area contributed by atoms with E-state index < -0.39 is 26.0 Å². The van der Waals surface area contributed by atoms with Crippen LogP contribution in [0.15, 0.2) is 62.8 Å². The third kappa shape index (κ3) is 5.95. The minimum Gasteiger partial charge on any atom is -0.326 e. The molecule has 0 spiro atoms. The summed E-state index contributed by atoms with van der Waals surface area (Å²) >= 11 is 3.31. The highest BCUT2D eigenvalue weighted by Crippen LogP contribution is 2.26. The highest BCUT2D eigenvalue weighted by molar-refractivity contribution is 9.10. The quantitative estimate of drug-likeness (QED) is 0.559. The summed E-state index contributed by atoms with van der Waals surface area (Å²) in [6.07, 6.45) is 1.16. The topological polar surface area (TPSA) is 107 Å². The molecule has 4 rings (SSSR count). The number of piperazine rings is 1. The molecule has 9 nitrogen and oxygen atoms in total. The van der Waals surface area contributed by atoms with Gasteiger partial charge in [0, 0.05) is 49.4 Å². The molecule has 0 bridgehead atoms. The van der Waals surface area contributed by atoms with Gasteiger partial charge in [-0.15, -0.1) is 0 Å². The van der Waals surface area contributed by atoms with E-state index in [9.17, 15) is 21.6 Å². The Hall–Kier alpha value is -1.83. The van der Waals surface area contributed by atoms with Gasteiger partial charge in [-0.25, -0.2) is 16.8 Å². The van der Waals surface area contributed by atoms with Crippen molar-refractivity contribution in [1.29, 1.82) is 0 Å². The molecule has 0 aliphatic carbocycles. The number of likely N-dealkylation sites (N-methyl/N-ethyl adjacent to an activating group) is 1. The van der Waals surface area contributed by atoms with Crippen molar-refractivity contribution in [2.45, 2.75) is 22.6 Å². The summed E-state index contributed by atoms with van der Waals surface area (Å²) in [5.41, 5.74) is 0.472. The standard InChI is InChI=1S/C23H29BrN4O5S2/c1-26-13-15-27(16-14-26)34(30,31)22-10-6-20(7-11-22)25-23(29)18-3-2-12-28(17-18)35(32,33)21-8-4-19(24)5-9-21/h4-11,18H,2-3,12-17H2,1H3,(H,25,29). The lowest BCUT2D eigenvalue weighted by Crippen LogP contribution is -2.47. The Bertz CT molecular complexity index is 1260. The van der Waals surface area contributed by atoms with Crippen molar-refractivity contribution < 1.29 is 21.6 Å². The maximum absolute atomic E-state index is 13.0. The second-order valence-electron chi connectivity index (χ2n) is 8.88. The molecule has 2 aromatic carbocycles. The minimum atomic E-state index is -3.70. The van der Waals surface area contributed by atoms with E-state index in [2.05, 4.69) is 26.1 Å². The van der Waals surface area contributed by atoms with E-state index in [0.717, 1.165) is 4.47 Å². The van der Waals surface area contributed by atoms with Crippen LogP contribution in [0.1, 0.15) is 12.8 Å². The number of hydrogen-bond donors (Lipinski definition) is 1. The van der Waals surface area contributed by atoms with E-state index >= 15 is 0 Å². The zero-order chi connectivity index (χ0) is 25.2. The molecule has 1 N–H and O–H groups in total. The largest absolute Gasteiger partial charge is 0.326 e. The van der Waals surface area contributed by atoms with Crippen molar-refractivity contribution in [3.8, 4) is 0 Å². The molecule has 2 fully saturated rings. The van der Waals surface area contributed by atoms with Gasteiger partial charge in [-0.2, -0.15) is 8.61 Å². The molecule has 1 amide bonds. The van der Waals surface area contributed by atoms with Crippen LogP contribution in [-0.2, 0) is 24.8 Å². The van der Waals surface area contributed by atoms with Crippen molar-refractivity contribution >= 4 is 47.6 Å². The van der Waals surface area contributed by atoms with Crippen LogP contribution < -0.4 is 5.32 Å². The van der Waals surface area contributed by atoms with Gasteiger partial charge in [-0.3, -0.25) is 4.79 Å². The fourth-order valence-corrected chi connectivity index (χ4v) is 7.47. The maximum Gasteiger partial charge on any atom is 0.243 e. The Morgan fingerprint density at radius 2 is 1.37 bits per heavy atom. The molecule has 35 heavy (non-hydrogen) atoms. The number of carbonyl (C=O) groups excluding carboxylic acids is 1. The second-order valence-corrected chi connectivity index (χ2v) is 13.7. The van der Waals surface area contributed by atoms with Gasteiger partial charge < -0.3 is 10.2 Å². The van der Waals surface area contributed by atoms with Crippen molar-refractivity contribution in [3.05, 3.63) is 53.0 Å². The average Bonchev–Trinajstić information content (AvgIpc) is 2.85. The number of carbonyl (C=O) groups is 1. The predicted molar refractivity (Wildman–Crippen MR) is 137 cm³/mol. The predicted octanol–water partition coefficient (Wildman–Crippen LogP) is 2.42. The molecule has 2 saturated heterocycles. The highest BCUT2D eigenvalue weighted by Gasteiger charge is 2.33. The zero-order valence-corrected chi connectivity index (χ0v) is 22.6. The Labute approximate surface area is 215 Å². The number of hydrogen-bond acceptors (Lipinski definition) is 6. The van der Waals surface area contributed by atoms with Gasteiger partial charge in [0.1, 0.15) is 0 Å². The van der Waals surface area contributed by atoms with Gasteiger partial charge in [-0.05, 0) is 68.4 Å². The van der Waals surface area contributed by atoms with Crippen LogP contribution >= 0.6 is 15.9 Å². The molecule has 1 atom stereocenters. The number of nitrogens with zero attached hydrogens (tertiary/aromatic N) is 3. The van der Waals surface area contributed by atoms with Crippen LogP contribution in [0.4, 0.5) is 5.69 Å². The summed E-state index contributed by atoms with van der Waals surface area (Å²) in [6.45, 7) is 2.71. The van der Waals surface area contributed by atoms with Crippen molar-refractivity contribution in [3.63, 3.8) is 0 Å². The van der Waals surface area contributed by atoms with Crippen LogP contribution in [0.25, 0.3) is 0 Å². The van der Waals surface area contributed by atoms with Gasteiger partial charge >= 0.3 is 0 Å². The highest BCUT2D eigenvalue weighted by atomic mass is 79.9. The van der Waals surface area contributed by atoms with E-state index in [0.29, 0.717) is 51.3 Å². The number of sulfonamides is 2. The molecule has 190 valence electrons. The van der Waals surface area contributed by atoms with Gasteiger partial charge in [0.25, 0.3) is 0 Å². The fourth-order valence-electron chi connectivity index (χ4n) is 4.26. The summed E-state index contributed by atoms with van der Waals surface area (Å²) in [7, 11) is -5.32. The first kappa shape index (κ1) is 26.2. The number of anilines is 1. The molecule has 1 unspecified atom stereocenters. The van der Waals surface area contributed by atoms with Crippen LogP contribution in [-0.4, -0.2) is 82.6 Å². The van der Waals surface area contributed by atoms with E-state index in [1.807, 2.05) is 7.05 Å². The van der Waals surface area contributed by atoms with Crippen LogP contribution in [0, 0.1) is 5.92 Å². The van der Waals surface area contributed by atoms with Gasteiger partial charge in [0.2, 0.25) is 26.0 Å². The summed E-state index contributed by atoms with van der Waals surface area (Å²) in [6, 6.07) is 12.6. The average molecular weight is 586 g/mol. The number of benzene rings is 2. The lowest BCUT2D eigenvalue weighted by molar-refractivity contribution is -0.120. The SMILES string of the molecule is CN1CCN(S(=O)(=O)c2ccc(NC(=O)C3CCCN(S(=O)(=O)c4ccc(Br)cc4)C3)cc2)CC1. The first-order chi connectivity index (χ1) is 16.6. The third-order valence-corrected chi connectivity index (χ3v) is 10.7. The maximum atomic E-state index is 13.0. The number of amides is 1. The Balaban J connectivity index is 1.40. The molecule has 2 aliphatic heterocycles. The Kier molecular flexibility index (Phi) is 7.99. The smallest absolute Gasteiger partial charge is 0.243 e. The van der Waals surface area contributed by atoms with Crippen molar-refractivity contribution in [2.24, 2.45) is 5.92 Å². The van der Waals surface area contributed by atoms with Crippen LogP contribution in [0.3, 0.4) is 0 Å². The van der Waals surface area contributed by atoms with E-state index in [1.165, 1.54) is 20.7 Å². The fraction of sp³-hybridized carbons (Fsp3) is 0.435. The molecule has 0 saturated carbocycles. The number of nitrogens with one attached hydrogen (secondary N) is 1. The zero-order valence-electron chi connectivity index (χ0n) is 19.4. The molecule has 12 heteroatoms. The molecule has 2 aliphatic rings. The van der Waals surface area contributed by atoms with E-state index in [1.54, 1.807) is 36.4 Å². The summed E-state index contributed by atoms with van der Waals surface area (Å²) in [4.78, 5) is 15.4. The normalized spacial score (nSPS) is 21.0. The molecule has 0 radical (unpaired) electrons. The molecular formula is C23H29BrN4O5S2. The number of piperidine rings is 1. The summed E-state index contributed by atoms with van der Waals surface area (Å²) in [5, 5.41) is 2.81. The molecule has 2 heterocycles. The monoisotopic (exact) mass is 584 g/mol. The number of rotatable bonds is 6. The summed E-state index contributed by atoms with van der Waals surface area (Å²) in [5.74, 6) is -0.780. The van der Waals surface area contributed by atoms with Gasteiger partial charge in [0.05, 0.1) is 15.7 Å². The molecule has 0 aromatic heterocycles. The number of halogens is 1. The first-order valence-electron chi connectivity index (χ1n) is 11.4. The van der Waals surface area contributed by atoms with Crippen molar-refractivity contribution in [2.75, 3.05) is 51.6 Å². The molecule has 2 aromatic rings. The Morgan fingerprint density at radius 1 is 0.829 bits per heavy atom. The Morgan fingerprint density at radius 3 is 1.97 bits per heavy atom. The lowest BCUT2D eigenvalue weighted by atomic mass is 9.99.